The van der Waals surface area contributed by atoms with Crippen LogP contribution >= 0.6 is 0 Å². The Kier molecular flexibility index (Phi) is 3.38. The van der Waals surface area contributed by atoms with Crippen LogP contribution in [-0.4, -0.2) is 12.1 Å². The molecular weight excluding hydrogens is 134 g/mol. The summed E-state index contributed by atoms with van der Waals surface area (Å²) >= 11 is 0. The van der Waals surface area contributed by atoms with Crippen molar-refractivity contribution in [2.75, 3.05) is 6.54 Å². The summed E-state index contributed by atoms with van der Waals surface area (Å²) < 4.78 is 0. The van der Waals surface area contributed by atoms with E-state index in [4.69, 9.17) is 0 Å². The maximum atomic E-state index is 3.68. The molecule has 1 heteroatoms. The molecule has 1 saturated carbocycles. The van der Waals surface area contributed by atoms with Gasteiger partial charge in [0.25, 0.3) is 0 Å². The van der Waals surface area contributed by atoms with Crippen LogP contribution in [0.15, 0.2) is 0 Å². The van der Waals surface area contributed by atoms with E-state index >= 15 is 0 Å². The van der Waals surface area contributed by atoms with E-state index in [0.717, 1.165) is 0 Å². The summed E-state index contributed by atoms with van der Waals surface area (Å²) in [4.78, 5) is 0. The first-order valence-corrected chi connectivity index (χ1v) is 5.08. The van der Waals surface area contributed by atoms with Crippen LogP contribution in [0.3, 0.4) is 0 Å². The second kappa shape index (κ2) is 4.10. The van der Waals surface area contributed by atoms with Crippen LogP contribution in [0, 0.1) is 0 Å². The summed E-state index contributed by atoms with van der Waals surface area (Å²) in [6, 6.07) is 0. The highest BCUT2D eigenvalue weighted by molar-refractivity contribution is 4.94. The Morgan fingerprint density at radius 3 is 2.36 bits per heavy atom. The Morgan fingerprint density at radius 1 is 1.27 bits per heavy atom. The minimum atomic E-state index is 0.565. The van der Waals surface area contributed by atoms with E-state index in [9.17, 15) is 0 Å². The summed E-state index contributed by atoms with van der Waals surface area (Å²) in [7, 11) is 0. The van der Waals surface area contributed by atoms with Crippen LogP contribution in [0.2, 0.25) is 0 Å². The monoisotopic (exact) mass is 155 g/mol. The van der Waals surface area contributed by atoms with Gasteiger partial charge in [-0.3, -0.25) is 0 Å². The minimum absolute atomic E-state index is 0.565. The molecule has 1 nitrogen and oxygen atoms in total. The normalized spacial score (nSPS) is 21.3. The third-order valence-corrected chi connectivity index (χ3v) is 3.02. The Balaban J connectivity index is 2.11. The van der Waals surface area contributed by atoms with Gasteiger partial charge in [0, 0.05) is 5.54 Å². The molecule has 1 aliphatic rings. The molecule has 0 aromatic heterocycles. The van der Waals surface area contributed by atoms with Crippen LogP contribution in [-0.2, 0) is 0 Å². The molecule has 0 heterocycles. The lowest BCUT2D eigenvalue weighted by Gasteiger charge is -2.42. The zero-order valence-electron chi connectivity index (χ0n) is 7.95. The second-order valence-corrected chi connectivity index (χ2v) is 3.77. The summed E-state index contributed by atoms with van der Waals surface area (Å²) in [6.07, 6.45) is 8.22. The molecule has 11 heavy (non-hydrogen) atoms. The summed E-state index contributed by atoms with van der Waals surface area (Å²) in [5, 5.41) is 3.68. The van der Waals surface area contributed by atoms with Gasteiger partial charge < -0.3 is 5.32 Å². The minimum Gasteiger partial charge on any atom is -0.311 e. The van der Waals surface area contributed by atoms with E-state index in [0.29, 0.717) is 5.54 Å². The van der Waals surface area contributed by atoms with Crippen LogP contribution in [0.4, 0.5) is 0 Å². The second-order valence-electron chi connectivity index (χ2n) is 3.77. The molecular formula is C10H21N. The van der Waals surface area contributed by atoms with Gasteiger partial charge in [-0.1, -0.05) is 20.3 Å². The fourth-order valence-electron chi connectivity index (χ4n) is 1.79. The number of rotatable bonds is 5. The standard InChI is InChI=1S/C10H21N/c1-3-5-9-11-10(4-2)7-6-8-10/h11H,3-9H2,1-2H3. The van der Waals surface area contributed by atoms with Crippen LogP contribution in [0.5, 0.6) is 0 Å². The number of unbranched alkanes of at least 4 members (excludes halogenated alkanes) is 1. The molecule has 0 unspecified atom stereocenters. The summed E-state index contributed by atoms with van der Waals surface area (Å²) in [6.45, 7) is 5.78. The molecule has 0 spiro atoms. The molecule has 0 saturated heterocycles. The SMILES string of the molecule is CCCCNC1(CC)CCC1. The Bertz CT molecular complexity index is 99.9. The molecule has 0 bridgehead atoms. The topological polar surface area (TPSA) is 12.0 Å². The maximum Gasteiger partial charge on any atom is 0.0178 e. The smallest absolute Gasteiger partial charge is 0.0178 e. The van der Waals surface area contributed by atoms with Crippen molar-refractivity contribution in [1.29, 1.82) is 0 Å². The third kappa shape index (κ3) is 2.19. The zero-order chi connectivity index (χ0) is 8.16. The number of hydrogen-bond donors (Lipinski definition) is 1. The van der Waals surface area contributed by atoms with E-state index in [1.165, 1.54) is 45.1 Å². The average Bonchev–Trinajstić information content (AvgIpc) is 1.95. The molecule has 1 N–H and O–H groups in total. The fraction of sp³-hybridized carbons (Fsp3) is 1.00. The highest BCUT2D eigenvalue weighted by Crippen LogP contribution is 2.34. The van der Waals surface area contributed by atoms with Crippen LogP contribution < -0.4 is 5.32 Å². The Morgan fingerprint density at radius 2 is 2.00 bits per heavy atom. The first-order chi connectivity index (χ1) is 5.33. The van der Waals surface area contributed by atoms with E-state index in [-0.39, 0.29) is 0 Å². The van der Waals surface area contributed by atoms with E-state index in [1.807, 2.05) is 0 Å². The van der Waals surface area contributed by atoms with Gasteiger partial charge in [0.1, 0.15) is 0 Å². The first kappa shape index (κ1) is 9.05. The van der Waals surface area contributed by atoms with E-state index in [1.54, 1.807) is 0 Å². The van der Waals surface area contributed by atoms with Crippen molar-refractivity contribution in [3.05, 3.63) is 0 Å². The fourth-order valence-corrected chi connectivity index (χ4v) is 1.79. The first-order valence-electron chi connectivity index (χ1n) is 5.08. The van der Waals surface area contributed by atoms with Gasteiger partial charge in [0.05, 0.1) is 0 Å². The summed E-state index contributed by atoms with van der Waals surface area (Å²) in [5.74, 6) is 0. The van der Waals surface area contributed by atoms with Gasteiger partial charge in [-0.2, -0.15) is 0 Å². The average molecular weight is 155 g/mol. The van der Waals surface area contributed by atoms with Crippen molar-refractivity contribution >= 4 is 0 Å². The van der Waals surface area contributed by atoms with Crippen molar-refractivity contribution in [2.24, 2.45) is 0 Å². The molecule has 0 radical (unpaired) electrons. The molecule has 0 aromatic carbocycles. The predicted octanol–water partition coefficient (Wildman–Crippen LogP) is 2.71. The molecule has 66 valence electrons. The van der Waals surface area contributed by atoms with E-state index < -0.39 is 0 Å². The van der Waals surface area contributed by atoms with Gasteiger partial charge in [0.15, 0.2) is 0 Å². The van der Waals surface area contributed by atoms with E-state index in [2.05, 4.69) is 19.2 Å². The highest BCUT2D eigenvalue weighted by atomic mass is 15.0. The number of nitrogens with one attached hydrogen (secondary N) is 1. The van der Waals surface area contributed by atoms with Crippen molar-refractivity contribution in [1.82, 2.24) is 5.32 Å². The number of hydrogen-bond acceptors (Lipinski definition) is 1. The lowest BCUT2D eigenvalue weighted by molar-refractivity contribution is 0.177. The molecule has 0 atom stereocenters. The van der Waals surface area contributed by atoms with Gasteiger partial charge in [-0.25, -0.2) is 0 Å². The molecule has 0 amide bonds. The largest absolute Gasteiger partial charge is 0.311 e. The van der Waals surface area contributed by atoms with Gasteiger partial charge in [-0.05, 0) is 38.6 Å². The maximum absolute atomic E-state index is 3.68. The molecule has 0 aliphatic heterocycles. The molecule has 0 aromatic rings. The lowest BCUT2D eigenvalue weighted by Crippen LogP contribution is -2.50. The third-order valence-electron chi connectivity index (χ3n) is 3.02. The lowest BCUT2D eigenvalue weighted by atomic mass is 9.75. The summed E-state index contributed by atoms with van der Waals surface area (Å²) in [5.41, 5.74) is 0.565. The van der Waals surface area contributed by atoms with Crippen molar-refractivity contribution in [2.45, 2.75) is 57.9 Å². The quantitative estimate of drug-likeness (QED) is 0.602. The van der Waals surface area contributed by atoms with Crippen molar-refractivity contribution in [3.63, 3.8) is 0 Å². The highest BCUT2D eigenvalue weighted by Gasteiger charge is 2.33. The van der Waals surface area contributed by atoms with Crippen molar-refractivity contribution in [3.8, 4) is 0 Å². The Labute approximate surface area is 70.6 Å². The predicted molar refractivity (Wildman–Crippen MR) is 49.8 cm³/mol. The Hall–Kier alpha value is -0.0400. The van der Waals surface area contributed by atoms with Gasteiger partial charge in [-0.15, -0.1) is 0 Å². The molecule has 1 aliphatic carbocycles. The molecule has 1 rings (SSSR count). The van der Waals surface area contributed by atoms with Crippen molar-refractivity contribution < 1.29 is 0 Å². The zero-order valence-corrected chi connectivity index (χ0v) is 7.95. The van der Waals surface area contributed by atoms with Crippen LogP contribution in [0.25, 0.3) is 0 Å². The molecule has 1 fully saturated rings. The van der Waals surface area contributed by atoms with Gasteiger partial charge >= 0.3 is 0 Å². The van der Waals surface area contributed by atoms with Gasteiger partial charge in [0.2, 0.25) is 0 Å². The van der Waals surface area contributed by atoms with Crippen LogP contribution in [0.1, 0.15) is 52.4 Å².